The SMILES string of the molecule is Cl.Cn1ccnc1-c1cccc(NC(=O)C2CCNCC2)c1. The van der Waals surface area contributed by atoms with E-state index >= 15 is 0 Å². The average molecular weight is 321 g/mol. The van der Waals surface area contributed by atoms with Crippen LogP contribution in [0.2, 0.25) is 0 Å². The molecule has 118 valence electrons. The normalized spacial score (nSPS) is 15.1. The summed E-state index contributed by atoms with van der Waals surface area (Å²) in [6.45, 7) is 1.84. The van der Waals surface area contributed by atoms with E-state index in [4.69, 9.17) is 0 Å². The van der Waals surface area contributed by atoms with Gasteiger partial charge in [-0.1, -0.05) is 12.1 Å². The Kier molecular flexibility index (Phi) is 5.57. The van der Waals surface area contributed by atoms with E-state index in [0.717, 1.165) is 43.0 Å². The van der Waals surface area contributed by atoms with Crippen molar-refractivity contribution in [2.75, 3.05) is 18.4 Å². The molecule has 3 rings (SSSR count). The van der Waals surface area contributed by atoms with Crippen LogP contribution in [0.25, 0.3) is 11.4 Å². The topological polar surface area (TPSA) is 59.0 Å². The summed E-state index contributed by atoms with van der Waals surface area (Å²) < 4.78 is 1.97. The Morgan fingerprint density at radius 3 is 2.82 bits per heavy atom. The second-order valence-electron chi connectivity index (χ2n) is 5.46. The van der Waals surface area contributed by atoms with Crippen LogP contribution in [0.4, 0.5) is 5.69 Å². The fourth-order valence-electron chi connectivity index (χ4n) is 2.71. The van der Waals surface area contributed by atoms with Crippen LogP contribution < -0.4 is 10.6 Å². The first kappa shape index (κ1) is 16.5. The number of benzene rings is 1. The number of amides is 1. The van der Waals surface area contributed by atoms with Gasteiger partial charge in [0.15, 0.2) is 0 Å². The number of hydrogen-bond donors (Lipinski definition) is 2. The summed E-state index contributed by atoms with van der Waals surface area (Å²) in [7, 11) is 1.96. The van der Waals surface area contributed by atoms with Crippen LogP contribution >= 0.6 is 12.4 Å². The minimum absolute atomic E-state index is 0. The molecule has 1 saturated heterocycles. The van der Waals surface area contributed by atoms with E-state index in [0.29, 0.717) is 0 Å². The van der Waals surface area contributed by atoms with Gasteiger partial charge in [0.25, 0.3) is 0 Å². The zero-order valence-electron chi connectivity index (χ0n) is 12.6. The van der Waals surface area contributed by atoms with Crippen LogP contribution in [0.5, 0.6) is 0 Å². The number of piperidine rings is 1. The molecule has 0 radical (unpaired) electrons. The van der Waals surface area contributed by atoms with Crippen LogP contribution in [0.3, 0.4) is 0 Å². The minimum Gasteiger partial charge on any atom is -0.334 e. The second kappa shape index (κ2) is 7.42. The van der Waals surface area contributed by atoms with Gasteiger partial charge in [0.1, 0.15) is 5.82 Å². The van der Waals surface area contributed by atoms with Gasteiger partial charge in [0.2, 0.25) is 5.91 Å². The number of rotatable bonds is 3. The Morgan fingerprint density at radius 2 is 2.14 bits per heavy atom. The Balaban J connectivity index is 0.00000176. The third-order valence-corrected chi connectivity index (χ3v) is 3.92. The van der Waals surface area contributed by atoms with Crippen molar-refractivity contribution < 1.29 is 4.79 Å². The van der Waals surface area contributed by atoms with Gasteiger partial charge >= 0.3 is 0 Å². The summed E-state index contributed by atoms with van der Waals surface area (Å²) in [6.07, 6.45) is 5.50. The minimum atomic E-state index is 0. The molecule has 0 unspecified atom stereocenters. The third-order valence-electron chi connectivity index (χ3n) is 3.92. The van der Waals surface area contributed by atoms with Crippen LogP contribution in [-0.4, -0.2) is 28.5 Å². The molecular weight excluding hydrogens is 300 g/mol. The standard InChI is InChI=1S/C16H20N4O.ClH/c1-20-10-9-18-15(20)13-3-2-4-14(11-13)19-16(21)12-5-7-17-8-6-12;/h2-4,9-12,17H,5-8H2,1H3,(H,19,21);1H. The first-order chi connectivity index (χ1) is 10.2. The fraction of sp³-hybridized carbons (Fsp3) is 0.375. The highest BCUT2D eigenvalue weighted by atomic mass is 35.5. The van der Waals surface area contributed by atoms with Crippen molar-refractivity contribution in [2.24, 2.45) is 13.0 Å². The highest BCUT2D eigenvalue weighted by Crippen LogP contribution is 2.22. The monoisotopic (exact) mass is 320 g/mol. The number of aromatic nitrogens is 2. The number of nitrogens with one attached hydrogen (secondary N) is 2. The van der Waals surface area contributed by atoms with E-state index < -0.39 is 0 Å². The molecule has 2 heterocycles. The fourth-order valence-corrected chi connectivity index (χ4v) is 2.71. The van der Waals surface area contributed by atoms with Gasteiger partial charge in [-0.2, -0.15) is 0 Å². The molecule has 5 nitrogen and oxygen atoms in total. The number of hydrogen-bond acceptors (Lipinski definition) is 3. The lowest BCUT2D eigenvalue weighted by molar-refractivity contribution is -0.120. The molecule has 6 heteroatoms. The smallest absolute Gasteiger partial charge is 0.227 e. The summed E-state index contributed by atoms with van der Waals surface area (Å²) in [6, 6.07) is 7.84. The van der Waals surface area contributed by atoms with E-state index in [9.17, 15) is 4.79 Å². The van der Waals surface area contributed by atoms with E-state index in [-0.39, 0.29) is 24.2 Å². The van der Waals surface area contributed by atoms with Crippen LogP contribution in [0.15, 0.2) is 36.7 Å². The summed E-state index contributed by atoms with van der Waals surface area (Å²) in [5.74, 6) is 1.13. The van der Waals surface area contributed by atoms with E-state index in [1.165, 1.54) is 0 Å². The number of nitrogens with zero attached hydrogens (tertiary/aromatic N) is 2. The summed E-state index contributed by atoms with van der Waals surface area (Å²) in [4.78, 5) is 16.6. The number of anilines is 1. The molecule has 1 aliphatic rings. The summed E-state index contributed by atoms with van der Waals surface area (Å²) >= 11 is 0. The van der Waals surface area contributed by atoms with Gasteiger partial charge in [-0.15, -0.1) is 12.4 Å². The molecule has 1 aromatic carbocycles. The molecule has 2 N–H and O–H groups in total. The van der Waals surface area contributed by atoms with Crippen molar-refractivity contribution in [1.29, 1.82) is 0 Å². The highest BCUT2D eigenvalue weighted by Gasteiger charge is 2.20. The zero-order chi connectivity index (χ0) is 14.7. The Morgan fingerprint density at radius 1 is 1.36 bits per heavy atom. The number of aryl methyl sites for hydroxylation is 1. The van der Waals surface area contributed by atoms with Crippen molar-refractivity contribution >= 4 is 24.0 Å². The molecule has 0 spiro atoms. The molecule has 1 amide bonds. The number of imidazole rings is 1. The maximum absolute atomic E-state index is 12.3. The third kappa shape index (κ3) is 3.67. The Bertz CT molecular complexity index is 635. The largest absolute Gasteiger partial charge is 0.334 e. The zero-order valence-corrected chi connectivity index (χ0v) is 13.4. The lowest BCUT2D eigenvalue weighted by Gasteiger charge is -2.21. The van der Waals surface area contributed by atoms with Crippen molar-refractivity contribution in [3.63, 3.8) is 0 Å². The van der Waals surface area contributed by atoms with Crippen molar-refractivity contribution in [1.82, 2.24) is 14.9 Å². The van der Waals surface area contributed by atoms with Gasteiger partial charge in [-0.05, 0) is 38.1 Å². The Hall–Kier alpha value is -1.85. The van der Waals surface area contributed by atoms with E-state index in [2.05, 4.69) is 15.6 Å². The Labute approximate surface area is 136 Å². The molecule has 0 saturated carbocycles. The quantitative estimate of drug-likeness (QED) is 0.913. The maximum Gasteiger partial charge on any atom is 0.227 e. The number of halogens is 1. The van der Waals surface area contributed by atoms with Gasteiger partial charge in [-0.3, -0.25) is 4.79 Å². The molecule has 22 heavy (non-hydrogen) atoms. The molecule has 1 aliphatic heterocycles. The molecule has 1 aromatic heterocycles. The first-order valence-corrected chi connectivity index (χ1v) is 7.33. The predicted octanol–water partition coefficient (Wildman–Crippen LogP) is 2.45. The van der Waals surface area contributed by atoms with Gasteiger partial charge < -0.3 is 15.2 Å². The number of carbonyl (C=O) groups is 1. The summed E-state index contributed by atoms with van der Waals surface area (Å²) in [5, 5.41) is 6.31. The maximum atomic E-state index is 12.3. The lowest BCUT2D eigenvalue weighted by atomic mass is 9.97. The van der Waals surface area contributed by atoms with Gasteiger partial charge in [0.05, 0.1) is 0 Å². The van der Waals surface area contributed by atoms with Crippen LogP contribution in [-0.2, 0) is 11.8 Å². The molecule has 2 aromatic rings. The van der Waals surface area contributed by atoms with Crippen LogP contribution in [0.1, 0.15) is 12.8 Å². The second-order valence-corrected chi connectivity index (χ2v) is 5.46. The van der Waals surface area contributed by atoms with Crippen molar-refractivity contribution in [3.05, 3.63) is 36.7 Å². The van der Waals surface area contributed by atoms with Crippen molar-refractivity contribution in [2.45, 2.75) is 12.8 Å². The first-order valence-electron chi connectivity index (χ1n) is 7.33. The van der Waals surface area contributed by atoms with E-state index in [1.54, 1.807) is 6.20 Å². The molecule has 0 atom stereocenters. The highest BCUT2D eigenvalue weighted by molar-refractivity contribution is 5.93. The lowest BCUT2D eigenvalue weighted by Crippen LogP contribution is -2.34. The van der Waals surface area contributed by atoms with Gasteiger partial charge in [-0.25, -0.2) is 4.98 Å². The molecule has 0 aliphatic carbocycles. The molecular formula is C16H21ClN4O. The number of carbonyl (C=O) groups excluding carboxylic acids is 1. The van der Waals surface area contributed by atoms with Gasteiger partial charge in [0, 0.05) is 36.6 Å². The average Bonchev–Trinajstić information content (AvgIpc) is 2.94. The predicted molar refractivity (Wildman–Crippen MR) is 90.1 cm³/mol. The van der Waals surface area contributed by atoms with Crippen molar-refractivity contribution in [3.8, 4) is 11.4 Å². The van der Waals surface area contributed by atoms with Crippen LogP contribution in [0, 0.1) is 5.92 Å². The molecule has 0 bridgehead atoms. The van der Waals surface area contributed by atoms with E-state index in [1.807, 2.05) is 42.1 Å². The molecule has 1 fully saturated rings. The summed E-state index contributed by atoms with van der Waals surface area (Å²) in [5.41, 5.74) is 1.84.